The molecule has 2 saturated heterocycles. The molecule has 2 amide bonds. The highest BCUT2D eigenvalue weighted by atomic mass is 32.2. The van der Waals surface area contributed by atoms with Crippen molar-refractivity contribution in [1.29, 1.82) is 5.41 Å². The number of para-hydroxylation sites is 2. The Morgan fingerprint density at radius 1 is 1.26 bits per heavy atom. The van der Waals surface area contributed by atoms with Gasteiger partial charge in [-0.3, -0.25) is 10.2 Å². The number of likely N-dealkylation sites (tertiary alicyclic amines) is 1. The number of fused-ring (bicyclic) bond motifs is 2. The molecule has 13 nitrogen and oxygen atoms in total. The second-order valence-electron chi connectivity index (χ2n) is 8.97. The number of rotatable bonds is 7. The molecule has 3 heterocycles. The number of aromatic amines is 1. The maximum Gasteiger partial charge on any atom is 0.490 e. The molecule has 2 aliphatic heterocycles. The number of benzene rings is 1. The average molecular weight is 577 g/mol. The highest BCUT2D eigenvalue weighted by Crippen LogP contribution is 2.41. The number of carbonyl (C=O) groups excluding carboxylic acids is 2. The number of nitrogens with one attached hydrogen (secondary N) is 2. The van der Waals surface area contributed by atoms with Crippen LogP contribution in [-0.4, -0.2) is 88.9 Å². The number of alkyl halides is 3. The van der Waals surface area contributed by atoms with Gasteiger partial charge in [-0.15, -0.1) is 0 Å². The van der Waals surface area contributed by atoms with E-state index in [2.05, 4.69) is 9.97 Å². The molecule has 5 N–H and O–H groups in total. The maximum atomic E-state index is 13.3. The van der Waals surface area contributed by atoms with E-state index in [0.717, 1.165) is 4.90 Å². The number of H-pyrrole nitrogens is 1. The maximum absolute atomic E-state index is 13.3. The van der Waals surface area contributed by atoms with E-state index < -0.39 is 40.2 Å². The lowest BCUT2D eigenvalue weighted by molar-refractivity contribution is -0.192. The number of hydrogen-bond acceptors (Lipinski definition) is 8. The van der Waals surface area contributed by atoms with Crippen LogP contribution in [0.1, 0.15) is 25.7 Å². The van der Waals surface area contributed by atoms with Gasteiger partial charge in [-0.2, -0.15) is 17.5 Å². The van der Waals surface area contributed by atoms with Gasteiger partial charge in [-0.25, -0.2) is 27.9 Å². The molecule has 39 heavy (non-hydrogen) atoms. The largest absolute Gasteiger partial charge is 0.490 e. The second-order valence-corrected chi connectivity index (χ2v) is 10.8. The van der Waals surface area contributed by atoms with Crippen LogP contribution in [-0.2, 0) is 24.3 Å². The number of carbonyl (C=O) groups is 3. The number of methoxy groups -OCH3 is 1. The Balaban J connectivity index is 0.000000532. The fourth-order valence-electron chi connectivity index (χ4n) is 4.68. The van der Waals surface area contributed by atoms with E-state index in [1.807, 2.05) is 0 Å². The minimum Gasteiger partial charge on any atom is -0.475 e. The van der Waals surface area contributed by atoms with Crippen LogP contribution in [0.5, 0.6) is 0 Å². The minimum atomic E-state index is -5.08. The number of ether oxygens (including phenoxy) is 1. The van der Waals surface area contributed by atoms with Gasteiger partial charge in [0.05, 0.1) is 30.0 Å². The molecule has 1 aromatic heterocycles. The molecule has 0 radical (unpaired) electrons. The Hall–Kier alpha value is -3.73. The van der Waals surface area contributed by atoms with Crippen molar-refractivity contribution in [2.75, 3.05) is 20.2 Å². The van der Waals surface area contributed by atoms with Crippen molar-refractivity contribution in [3.8, 4) is 0 Å². The number of unbranched alkanes of at least 4 members (excludes halogenated alkanes) is 1. The third-order valence-electron chi connectivity index (χ3n) is 6.48. The Bertz CT molecular complexity index is 1330. The number of halogens is 3. The van der Waals surface area contributed by atoms with Gasteiger partial charge in [0.15, 0.2) is 0 Å². The van der Waals surface area contributed by atoms with Crippen molar-refractivity contribution in [1.82, 2.24) is 19.2 Å². The van der Waals surface area contributed by atoms with Crippen LogP contribution in [0, 0.1) is 17.2 Å². The molecular weight excluding hydrogens is 549 g/mol. The number of amidine groups is 1. The SMILES string of the molecule is COC(=O)N1C(=O)[C@H](CCCCC(=N)N)[C@@H]2CN(S(=O)(=O)c3nc4ccccc4[nH]3)C[C@H]21.O=C(O)C(F)(F)F. The molecular formula is C22H27F3N6O7S. The van der Waals surface area contributed by atoms with E-state index in [1.54, 1.807) is 24.3 Å². The monoisotopic (exact) mass is 576 g/mol. The fraction of sp³-hybridized carbons (Fsp3) is 0.500. The topological polar surface area (TPSA) is 200 Å². The second kappa shape index (κ2) is 11.6. The lowest BCUT2D eigenvalue weighted by atomic mass is 9.88. The van der Waals surface area contributed by atoms with Crippen molar-refractivity contribution in [3.63, 3.8) is 0 Å². The van der Waals surface area contributed by atoms with E-state index >= 15 is 0 Å². The summed E-state index contributed by atoms with van der Waals surface area (Å²) in [7, 11) is -2.75. The quantitative estimate of drug-likeness (QED) is 0.216. The van der Waals surface area contributed by atoms with Crippen molar-refractivity contribution >= 4 is 44.9 Å². The number of aromatic nitrogens is 2. The molecule has 3 atom stereocenters. The lowest BCUT2D eigenvalue weighted by Crippen LogP contribution is -2.43. The molecule has 0 bridgehead atoms. The summed E-state index contributed by atoms with van der Waals surface area (Å²) in [5.74, 6) is -3.84. The molecule has 0 saturated carbocycles. The van der Waals surface area contributed by atoms with Crippen LogP contribution in [0.15, 0.2) is 29.4 Å². The highest BCUT2D eigenvalue weighted by Gasteiger charge is 2.56. The number of carboxylic acid groups (broad SMARTS) is 1. The number of nitrogens with zero attached hydrogens (tertiary/aromatic N) is 3. The summed E-state index contributed by atoms with van der Waals surface area (Å²) < 4.78 is 64.4. The van der Waals surface area contributed by atoms with Gasteiger partial charge in [-0.1, -0.05) is 18.6 Å². The van der Waals surface area contributed by atoms with E-state index in [0.29, 0.717) is 36.7 Å². The lowest BCUT2D eigenvalue weighted by Gasteiger charge is -2.22. The van der Waals surface area contributed by atoms with Crippen LogP contribution < -0.4 is 5.73 Å². The number of imidazole rings is 1. The van der Waals surface area contributed by atoms with Gasteiger partial charge in [0, 0.05) is 31.3 Å². The van der Waals surface area contributed by atoms with Gasteiger partial charge in [0.25, 0.3) is 10.0 Å². The molecule has 2 fully saturated rings. The molecule has 2 aliphatic rings. The Morgan fingerprint density at radius 2 is 1.90 bits per heavy atom. The molecule has 0 unspecified atom stereocenters. The zero-order valence-corrected chi connectivity index (χ0v) is 21.5. The van der Waals surface area contributed by atoms with Crippen LogP contribution >= 0.6 is 0 Å². The predicted molar refractivity (Wildman–Crippen MR) is 129 cm³/mol. The molecule has 17 heteroatoms. The number of nitrogens with two attached hydrogens (primary N) is 1. The molecule has 2 aromatic rings. The van der Waals surface area contributed by atoms with Gasteiger partial charge < -0.3 is 20.6 Å². The third-order valence-corrected chi connectivity index (χ3v) is 8.14. The normalized spacial score (nSPS) is 21.4. The van der Waals surface area contributed by atoms with Gasteiger partial charge >= 0.3 is 18.2 Å². The molecule has 4 rings (SSSR count). The summed E-state index contributed by atoms with van der Waals surface area (Å²) >= 11 is 0. The number of hydrogen-bond donors (Lipinski definition) is 4. The smallest absolute Gasteiger partial charge is 0.475 e. The number of imide groups is 1. The van der Waals surface area contributed by atoms with E-state index in [4.69, 9.17) is 25.8 Å². The Labute approximate surface area is 220 Å². The first-order chi connectivity index (χ1) is 18.2. The average Bonchev–Trinajstić information content (AvgIpc) is 3.54. The molecule has 0 spiro atoms. The summed E-state index contributed by atoms with van der Waals surface area (Å²) in [6.07, 6.45) is -3.65. The standard InChI is InChI=1S/C20H26N6O5S.C2HF3O2/c1-31-20(28)26-16-11-25(10-13(16)12(18(26)27)6-2-5-9-17(21)22)32(29,30)19-23-14-7-3-4-8-15(14)24-19;3-2(4,5)1(6)7/h3-4,7-8,12-13,16H,2,5-6,9-11H2,1H3,(H3,21,22)(H,23,24);(H,6,7)/t12-,13+,16-;/m1./s1. The summed E-state index contributed by atoms with van der Waals surface area (Å²) in [6, 6.07) is 6.43. The van der Waals surface area contributed by atoms with Crippen LogP contribution in [0.3, 0.4) is 0 Å². The van der Waals surface area contributed by atoms with Gasteiger partial charge in [0.2, 0.25) is 11.1 Å². The predicted octanol–water partition coefficient (Wildman–Crippen LogP) is 1.91. The van der Waals surface area contributed by atoms with E-state index in [9.17, 15) is 31.2 Å². The summed E-state index contributed by atoms with van der Waals surface area (Å²) in [5.41, 5.74) is 6.55. The first-order valence-electron chi connectivity index (χ1n) is 11.7. The first-order valence-corrected chi connectivity index (χ1v) is 13.1. The van der Waals surface area contributed by atoms with Crippen LogP contribution in [0.4, 0.5) is 18.0 Å². The van der Waals surface area contributed by atoms with Crippen molar-refractivity contribution in [2.45, 2.75) is 43.1 Å². The van der Waals surface area contributed by atoms with Crippen molar-refractivity contribution < 1.29 is 45.8 Å². The number of amides is 2. The molecule has 214 valence electrons. The minimum absolute atomic E-state index is 0.00513. The van der Waals surface area contributed by atoms with Crippen LogP contribution in [0.2, 0.25) is 0 Å². The third kappa shape index (κ3) is 6.47. The van der Waals surface area contributed by atoms with Crippen molar-refractivity contribution in [2.24, 2.45) is 17.6 Å². The number of carboxylic acids is 1. The number of sulfonamides is 1. The summed E-state index contributed by atoms with van der Waals surface area (Å²) in [6.45, 7) is 0.107. The van der Waals surface area contributed by atoms with Gasteiger partial charge in [0.1, 0.15) is 0 Å². The fourth-order valence-corrected chi connectivity index (χ4v) is 6.09. The molecule has 1 aromatic carbocycles. The first kappa shape index (κ1) is 29.8. The van der Waals surface area contributed by atoms with Crippen molar-refractivity contribution in [3.05, 3.63) is 24.3 Å². The number of aliphatic carboxylic acids is 1. The Morgan fingerprint density at radius 3 is 2.46 bits per heavy atom. The molecule has 0 aliphatic carbocycles. The van der Waals surface area contributed by atoms with E-state index in [1.165, 1.54) is 11.4 Å². The van der Waals surface area contributed by atoms with E-state index in [-0.39, 0.29) is 35.9 Å². The summed E-state index contributed by atoms with van der Waals surface area (Å²) in [4.78, 5) is 42.3. The highest BCUT2D eigenvalue weighted by molar-refractivity contribution is 7.89. The van der Waals surface area contributed by atoms with Crippen LogP contribution in [0.25, 0.3) is 11.0 Å². The zero-order valence-electron chi connectivity index (χ0n) is 20.6. The van der Waals surface area contributed by atoms with Gasteiger partial charge in [-0.05, 0) is 25.0 Å². The summed E-state index contributed by atoms with van der Waals surface area (Å²) in [5, 5.41) is 14.3. The zero-order chi connectivity index (χ0) is 29.1. The Kier molecular flexibility index (Phi) is 8.84.